The maximum atomic E-state index is 12.7. The van der Waals surface area contributed by atoms with Crippen molar-refractivity contribution >= 4 is 17.2 Å². The average molecular weight is 317 g/mol. The second kappa shape index (κ2) is 8.66. The Morgan fingerprint density at radius 1 is 1.14 bits per heavy atom. The first kappa shape index (κ1) is 16.6. The Bertz CT molecular complexity index is 553. The summed E-state index contributed by atoms with van der Waals surface area (Å²) in [7, 11) is 0. The van der Waals surface area contributed by atoms with Gasteiger partial charge in [-0.05, 0) is 36.7 Å². The van der Waals surface area contributed by atoms with Crippen LogP contribution in [0.25, 0.3) is 0 Å². The minimum Gasteiger partial charge on any atom is -0.331 e. The fourth-order valence-electron chi connectivity index (χ4n) is 2.30. The lowest BCUT2D eigenvalue weighted by atomic mass is 10.3. The second-order valence-corrected chi connectivity index (χ2v) is 6.00. The molecular formula is C17H23N3OS. The van der Waals surface area contributed by atoms with Crippen LogP contribution in [0.15, 0.2) is 41.9 Å². The maximum absolute atomic E-state index is 12.7. The minimum atomic E-state index is 0.0906. The van der Waals surface area contributed by atoms with E-state index in [1.807, 2.05) is 40.6 Å². The number of aromatic nitrogens is 1. The van der Waals surface area contributed by atoms with Crippen molar-refractivity contribution < 1.29 is 4.79 Å². The van der Waals surface area contributed by atoms with Gasteiger partial charge in [0.25, 0.3) is 5.91 Å². The SMILES string of the molecule is CCN(CC)CCN(Cc1ccccn1)C(=O)c1cccs1. The quantitative estimate of drug-likeness (QED) is 0.750. The molecular weight excluding hydrogens is 294 g/mol. The smallest absolute Gasteiger partial charge is 0.264 e. The molecule has 22 heavy (non-hydrogen) atoms. The largest absolute Gasteiger partial charge is 0.331 e. The minimum absolute atomic E-state index is 0.0906. The van der Waals surface area contributed by atoms with E-state index in [2.05, 4.69) is 23.7 Å². The van der Waals surface area contributed by atoms with E-state index in [-0.39, 0.29) is 5.91 Å². The van der Waals surface area contributed by atoms with Crippen LogP contribution in [-0.4, -0.2) is 46.9 Å². The summed E-state index contributed by atoms with van der Waals surface area (Å²) in [5, 5.41) is 1.94. The monoisotopic (exact) mass is 317 g/mol. The van der Waals surface area contributed by atoms with Crippen molar-refractivity contribution in [2.24, 2.45) is 0 Å². The molecule has 0 radical (unpaired) electrons. The number of amides is 1. The number of hydrogen-bond acceptors (Lipinski definition) is 4. The molecule has 0 unspecified atom stereocenters. The van der Waals surface area contributed by atoms with Crippen LogP contribution in [-0.2, 0) is 6.54 Å². The van der Waals surface area contributed by atoms with E-state index < -0.39 is 0 Å². The molecule has 0 fully saturated rings. The van der Waals surface area contributed by atoms with E-state index in [4.69, 9.17) is 0 Å². The molecule has 2 rings (SSSR count). The molecule has 0 aliphatic rings. The molecule has 2 aromatic heterocycles. The molecule has 0 atom stereocenters. The molecule has 0 aliphatic heterocycles. The molecule has 118 valence electrons. The topological polar surface area (TPSA) is 36.4 Å². The van der Waals surface area contributed by atoms with Crippen LogP contribution < -0.4 is 0 Å². The van der Waals surface area contributed by atoms with Crippen molar-refractivity contribution in [1.29, 1.82) is 0 Å². The van der Waals surface area contributed by atoms with E-state index in [1.165, 1.54) is 11.3 Å². The Hall–Kier alpha value is -1.72. The summed E-state index contributed by atoms with van der Waals surface area (Å²) in [6.45, 7) is 8.45. The maximum Gasteiger partial charge on any atom is 0.264 e. The molecule has 0 bridgehead atoms. The summed E-state index contributed by atoms with van der Waals surface area (Å²) >= 11 is 1.49. The van der Waals surface area contributed by atoms with E-state index in [0.717, 1.165) is 36.8 Å². The van der Waals surface area contributed by atoms with Crippen LogP contribution >= 0.6 is 11.3 Å². The summed E-state index contributed by atoms with van der Waals surface area (Å²) in [5.41, 5.74) is 0.923. The number of thiophene rings is 1. The van der Waals surface area contributed by atoms with Crippen molar-refractivity contribution in [3.8, 4) is 0 Å². The highest BCUT2D eigenvalue weighted by molar-refractivity contribution is 7.12. The van der Waals surface area contributed by atoms with E-state index in [0.29, 0.717) is 6.54 Å². The van der Waals surface area contributed by atoms with E-state index >= 15 is 0 Å². The van der Waals surface area contributed by atoms with Gasteiger partial charge >= 0.3 is 0 Å². The molecule has 0 N–H and O–H groups in total. The third-order valence-corrected chi connectivity index (χ3v) is 4.54. The molecule has 1 amide bonds. The van der Waals surface area contributed by atoms with Gasteiger partial charge in [-0.2, -0.15) is 0 Å². The Kier molecular flexibility index (Phi) is 6.55. The molecule has 0 saturated carbocycles. The van der Waals surface area contributed by atoms with E-state index in [9.17, 15) is 4.79 Å². The first-order valence-electron chi connectivity index (χ1n) is 7.69. The van der Waals surface area contributed by atoms with Gasteiger partial charge in [0, 0.05) is 19.3 Å². The Morgan fingerprint density at radius 3 is 2.55 bits per heavy atom. The number of pyridine rings is 1. The molecule has 0 saturated heterocycles. The van der Waals surface area contributed by atoms with Crippen LogP contribution in [0, 0.1) is 0 Å². The fraction of sp³-hybridized carbons (Fsp3) is 0.412. The van der Waals surface area contributed by atoms with Crippen molar-refractivity contribution in [2.75, 3.05) is 26.2 Å². The highest BCUT2D eigenvalue weighted by Crippen LogP contribution is 2.14. The van der Waals surface area contributed by atoms with Gasteiger partial charge in [0.1, 0.15) is 0 Å². The van der Waals surface area contributed by atoms with E-state index in [1.54, 1.807) is 6.20 Å². The Balaban J connectivity index is 2.08. The van der Waals surface area contributed by atoms with Crippen molar-refractivity contribution in [3.05, 3.63) is 52.5 Å². The molecule has 0 aromatic carbocycles. The normalized spacial score (nSPS) is 10.9. The number of likely N-dealkylation sites (N-methyl/N-ethyl adjacent to an activating group) is 1. The number of carbonyl (C=O) groups is 1. The van der Waals surface area contributed by atoms with Gasteiger partial charge in [0.2, 0.25) is 0 Å². The van der Waals surface area contributed by atoms with Crippen LogP contribution in [0.2, 0.25) is 0 Å². The molecule has 5 heteroatoms. The molecule has 0 spiro atoms. The highest BCUT2D eigenvalue weighted by atomic mass is 32.1. The summed E-state index contributed by atoms with van der Waals surface area (Å²) in [6, 6.07) is 9.62. The zero-order valence-corrected chi connectivity index (χ0v) is 14.1. The van der Waals surface area contributed by atoms with Gasteiger partial charge in [-0.25, -0.2) is 0 Å². The predicted octanol–water partition coefficient (Wildman–Crippen LogP) is 3.13. The third-order valence-electron chi connectivity index (χ3n) is 3.68. The number of hydrogen-bond donors (Lipinski definition) is 0. The van der Waals surface area contributed by atoms with Gasteiger partial charge in [-0.3, -0.25) is 9.78 Å². The average Bonchev–Trinajstić information content (AvgIpc) is 3.09. The van der Waals surface area contributed by atoms with Crippen LogP contribution in [0.1, 0.15) is 29.2 Å². The van der Waals surface area contributed by atoms with Crippen LogP contribution in [0.3, 0.4) is 0 Å². The van der Waals surface area contributed by atoms with Crippen LogP contribution in [0.5, 0.6) is 0 Å². The second-order valence-electron chi connectivity index (χ2n) is 5.05. The number of nitrogens with zero attached hydrogens (tertiary/aromatic N) is 3. The fourth-order valence-corrected chi connectivity index (χ4v) is 2.99. The first-order chi connectivity index (χ1) is 10.7. The molecule has 4 nitrogen and oxygen atoms in total. The lowest BCUT2D eigenvalue weighted by Gasteiger charge is -2.26. The highest BCUT2D eigenvalue weighted by Gasteiger charge is 2.18. The standard InChI is InChI=1S/C17H23N3OS/c1-3-19(4-2)11-12-20(14-15-8-5-6-10-18-15)17(21)16-9-7-13-22-16/h5-10,13H,3-4,11-12,14H2,1-2H3. The first-order valence-corrected chi connectivity index (χ1v) is 8.57. The van der Waals surface area contributed by atoms with Crippen molar-refractivity contribution in [1.82, 2.24) is 14.8 Å². The lowest BCUT2D eigenvalue weighted by molar-refractivity contribution is 0.0726. The summed E-state index contributed by atoms with van der Waals surface area (Å²) in [5.74, 6) is 0.0906. The zero-order chi connectivity index (χ0) is 15.8. The zero-order valence-electron chi connectivity index (χ0n) is 13.2. The Labute approximate surface area is 136 Å². The van der Waals surface area contributed by atoms with Crippen molar-refractivity contribution in [2.45, 2.75) is 20.4 Å². The predicted molar refractivity (Wildman–Crippen MR) is 91.1 cm³/mol. The van der Waals surface area contributed by atoms with Crippen molar-refractivity contribution in [3.63, 3.8) is 0 Å². The molecule has 2 heterocycles. The van der Waals surface area contributed by atoms with Gasteiger partial charge < -0.3 is 9.80 Å². The summed E-state index contributed by atoms with van der Waals surface area (Å²) in [4.78, 5) is 22.0. The summed E-state index contributed by atoms with van der Waals surface area (Å²) in [6.07, 6.45) is 1.77. The number of carbonyl (C=O) groups excluding carboxylic acids is 1. The third kappa shape index (κ3) is 4.64. The molecule has 2 aromatic rings. The van der Waals surface area contributed by atoms with Gasteiger partial charge in [0.05, 0.1) is 17.1 Å². The number of rotatable bonds is 8. The Morgan fingerprint density at radius 2 is 1.95 bits per heavy atom. The van der Waals surface area contributed by atoms with Gasteiger partial charge in [-0.15, -0.1) is 11.3 Å². The summed E-state index contributed by atoms with van der Waals surface area (Å²) < 4.78 is 0. The lowest BCUT2D eigenvalue weighted by Crippen LogP contribution is -2.38. The van der Waals surface area contributed by atoms with Gasteiger partial charge in [-0.1, -0.05) is 26.0 Å². The molecule has 0 aliphatic carbocycles. The van der Waals surface area contributed by atoms with Crippen LogP contribution in [0.4, 0.5) is 0 Å². The van der Waals surface area contributed by atoms with Gasteiger partial charge in [0.15, 0.2) is 0 Å².